The maximum atomic E-state index is 13.5. The van der Waals surface area contributed by atoms with Crippen LogP contribution < -0.4 is 4.90 Å². The molecule has 102 valence electrons. The van der Waals surface area contributed by atoms with Crippen LogP contribution in [0.5, 0.6) is 0 Å². The minimum Gasteiger partial charge on any atom is -0.365 e. The third-order valence-corrected chi connectivity index (χ3v) is 3.43. The zero-order valence-electron chi connectivity index (χ0n) is 11.1. The van der Waals surface area contributed by atoms with Gasteiger partial charge in [-0.2, -0.15) is 5.26 Å². The van der Waals surface area contributed by atoms with Crippen LogP contribution in [0, 0.1) is 24.1 Å². The maximum Gasteiger partial charge on any atom is 0.161 e. The summed E-state index contributed by atoms with van der Waals surface area (Å²) in [7, 11) is 0. The molecule has 0 radical (unpaired) electrons. The minimum atomic E-state index is -0.444. The number of aromatic nitrogens is 1. The van der Waals surface area contributed by atoms with Crippen molar-refractivity contribution < 1.29 is 9.13 Å². The lowest BCUT2D eigenvalue weighted by Gasteiger charge is -2.32. The van der Waals surface area contributed by atoms with E-state index in [1.807, 2.05) is 13.0 Å². The molecular formula is C15H14FN3O. The van der Waals surface area contributed by atoms with Gasteiger partial charge in [0.15, 0.2) is 6.10 Å². The van der Waals surface area contributed by atoms with Gasteiger partial charge in [-0.3, -0.25) is 4.98 Å². The van der Waals surface area contributed by atoms with Gasteiger partial charge in [0.05, 0.1) is 24.7 Å². The Hall–Kier alpha value is -2.19. The monoisotopic (exact) mass is 271 g/mol. The molecule has 0 spiro atoms. The molecule has 0 amide bonds. The third kappa shape index (κ3) is 2.30. The van der Waals surface area contributed by atoms with E-state index in [0.717, 1.165) is 22.3 Å². The first kappa shape index (κ1) is 12.8. The molecule has 1 saturated heterocycles. The number of benzene rings is 1. The van der Waals surface area contributed by atoms with Crippen molar-refractivity contribution in [1.82, 2.24) is 4.98 Å². The topological polar surface area (TPSA) is 49.1 Å². The Kier molecular flexibility index (Phi) is 3.25. The van der Waals surface area contributed by atoms with Crippen molar-refractivity contribution in [2.45, 2.75) is 13.0 Å². The molecule has 2 heterocycles. The molecule has 1 aromatic heterocycles. The van der Waals surface area contributed by atoms with Crippen molar-refractivity contribution in [3.63, 3.8) is 0 Å². The number of morpholine rings is 1. The van der Waals surface area contributed by atoms with E-state index in [2.05, 4.69) is 16.0 Å². The molecule has 0 bridgehead atoms. The number of hydrogen-bond acceptors (Lipinski definition) is 4. The molecule has 1 aromatic carbocycles. The number of aryl methyl sites for hydroxylation is 1. The van der Waals surface area contributed by atoms with Crippen molar-refractivity contribution in [3.05, 3.63) is 35.8 Å². The van der Waals surface area contributed by atoms with Gasteiger partial charge in [0.1, 0.15) is 5.82 Å². The summed E-state index contributed by atoms with van der Waals surface area (Å²) in [5.74, 6) is -0.283. The number of halogens is 1. The summed E-state index contributed by atoms with van der Waals surface area (Å²) in [4.78, 5) is 6.49. The lowest BCUT2D eigenvalue weighted by molar-refractivity contribution is 0.0765. The van der Waals surface area contributed by atoms with E-state index in [1.54, 1.807) is 6.07 Å². The first-order chi connectivity index (χ1) is 9.67. The van der Waals surface area contributed by atoms with Crippen LogP contribution >= 0.6 is 0 Å². The van der Waals surface area contributed by atoms with Crippen molar-refractivity contribution >= 4 is 16.6 Å². The van der Waals surface area contributed by atoms with Gasteiger partial charge in [0.25, 0.3) is 0 Å². The highest BCUT2D eigenvalue weighted by atomic mass is 19.1. The number of fused-ring (bicyclic) bond motifs is 1. The fraction of sp³-hybridized carbons (Fsp3) is 0.333. The summed E-state index contributed by atoms with van der Waals surface area (Å²) in [5, 5.41) is 9.77. The van der Waals surface area contributed by atoms with Crippen molar-refractivity contribution in [3.8, 4) is 6.07 Å². The van der Waals surface area contributed by atoms with Gasteiger partial charge >= 0.3 is 0 Å². The molecule has 1 fully saturated rings. The lowest BCUT2D eigenvalue weighted by Crippen LogP contribution is -2.42. The Morgan fingerprint density at radius 3 is 3.10 bits per heavy atom. The van der Waals surface area contributed by atoms with E-state index < -0.39 is 6.10 Å². The molecular weight excluding hydrogens is 257 g/mol. The van der Waals surface area contributed by atoms with Crippen LogP contribution in [-0.4, -0.2) is 30.8 Å². The Morgan fingerprint density at radius 2 is 2.30 bits per heavy atom. The molecule has 5 heteroatoms. The van der Waals surface area contributed by atoms with Crippen LogP contribution in [-0.2, 0) is 4.74 Å². The van der Waals surface area contributed by atoms with Gasteiger partial charge in [-0.1, -0.05) is 0 Å². The van der Waals surface area contributed by atoms with Gasteiger partial charge in [-0.05, 0) is 31.2 Å². The fourth-order valence-corrected chi connectivity index (χ4v) is 2.52. The molecule has 3 rings (SSSR count). The van der Waals surface area contributed by atoms with Gasteiger partial charge < -0.3 is 9.64 Å². The highest BCUT2D eigenvalue weighted by Gasteiger charge is 2.22. The van der Waals surface area contributed by atoms with Gasteiger partial charge in [0, 0.05) is 23.3 Å². The van der Waals surface area contributed by atoms with E-state index in [1.165, 1.54) is 12.1 Å². The zero-order chi connectivity index (χ0) is 14.1. The number of hydrogen-bond donors (Lipinski definition) is 0. The Morgan fingerprint density at radius 1 is 1.45 bits per heavy atom. The van der Waals surface area contributed by atoms with Crippen LogP contribution in [0.15, 0.2) is 24.3 Å². The molecule has 0 saturated carbocycles. The molecule has 1 unspecified atom stereocenters. The highest BCUT2D eigenvalue weighted by molar-refractivity contribution is 5.92. The summed E-state index contributed by atoms with van der Waals surface area (Å²) < 4.78 is 18.9. The summed E-state index contributed by atoms with van der Waals surface area (Å²) in [6, 6.07) is 8.65. The summed E-state index contributed by atoms with van der Waals surface area (Å²) in [6.45, 7) is 3.59. The van der Waals surface area contributed by atoms with Crippen LogP contribution in [0.4, 0.5) is 10.1 Å². The van der Waals surface area contributed by atoms with Gasteiger partial charge in [0.2, 0.25) is 0 Å². The predicted octanol–water partition coefficient (Wildman–Crippen LogP) is 2.41. The van der Waals surface area contributed by atoms with E-state index in [4.69, 9.17) is 10.00 Å². The lowest BCUT2D eigenvalue weighted by atomic mass is 10.1. The highest BCUT2D eigenvalue weighted by Crippen LogP contribution is 2.28. The van der Waals surface area contributed by atoms with E-state index in [-0.39, 0.29) is 5.82 Å². The third-order valence-electron chi connectivity index (χ3n) is 3.43. The second-order valence-electron chi connectivity index (χ2n) is 4.88. The second kappa shape index (κ2) is 5.06. The normalized spacial score (nSPS) is 19.1. The number of nitriles is 1. The standard InChI is InChI=1S/C15H14FN3O/c1-10-6-15(19-4-5-20-12(8-17)9-19)13-7-11(16)2-3-14(13)18-10/h2-3,6-7,12H,4-5,9H2,1H3. The van der Waals surface area contributed by atoms with Crippen molar-refractivity contribution in [2.75, 3.05) is 24.6 Å². The maximum absolute atomic E-state index is 13.5. The average molecular weight is 271 g/mol. The van der Waals surface area contributed by atoms with E-state index >= 15 is 0 Å². The Labute approximate surface area is 116 Å². The van der Waals surface area contributed by atoms with Crippen LogP contribution in [0.3, 0.4) is 0 Å². The molecule has 2 aromatic rings. The number of anilines is 1. The molecule has 4 nitrogen and oxygen atoms in total. The van der Waals surface area contributed by atoms with E-state index in [9.17, 15) is 4.39 Å². The quantitative estimate of drug-likeness (QED) is 0.799. The summed E-state index contributed by atoms with van der Waals surface area (Å²) in [6.07, 6.45) is -0.444. The van der Waals surface area contributed by atoms with Gasteiger partial charge in [-0.25, -0.2) is 4.39 Å². The second-order valence-corrected chi connectivity index (χ2v) is 4.88. The van der Waals surface area contributed by atoms with E-state index in [0.29, 0.717) is 19.7 Å². The van der Waals surface area contributed by atoms with Crippen molar-refractivity contribution in [1.29, 1.82) is 5.26 Å². The number of nitrogens with zero attached hydrogens (tertiary/aromatic N) is 3. The minimum absolute atomic E-state index is 0.283. The average Bonchev–Trinajstić information content (AvgIpc) is 2.47. The number of pyridine rings is 1. The fourth-order valence-electron chi connectivity index (χ4n) is 2.52. The van der Waals surface area contributed by atoms with Crippen molar-refractivity contribution in [2.24, 2.45) is 0 Å². The molecule has 1 atom stereocenters. The smallest absolute Gasteiger partial charge is 0.161 e. The molecule has 20 heavy (non-hydrogen) atoms. The zero-order valence-corrected chi connectivity index (χ0v) is 11.1. The largest absolute Gasteiger partial charge is 0.365 e. The van der Waals surface area contributed by atoms with Crippen LogP contribution in [0.2, 0.25) is 0 Å². The number of ether oxygens (including phenoxy) is 1. The molecule has 1 aliphatic rings. The predicted molar refractivity (Wildman–Crippen MR) is 74.0 cm³/mol. The number of rotatable bonds is 1. The molecule has 1 aliphatic heterocycles. The first-order valence-corrected chi connectivity index (χ1v) is 6.50. The van der Waals surface area contributed by atoms with Crippen LogP contribution in [0.1, 0.15) is 5.69 Å². The van der Waals surface area contributed by atoms with Crippen LogP contribution in [0.25, 0.3) is 10.9 Å². The first-order valence-electron chi connectivity index (χ1n) is 6.50. The Balaban J connectivity index is 2.10. The van der Waals surface area contributed by atoms with Gasteiger partial charge in [-0.15, -0.1) is 0 Å². The molecule has 0 N–H and O–H groups in total. The SMILES string of the molecule is Cc1cc(N2CCOC(C#N)C2)c2cc(F)ccc2n1. The Bertz CT molecular complexity index is 695. The summed E-state index contributed by atoms with van der Waals surface area (Å²) >= 11 is 0. The molecule has 0 aliphatic carbocycles. The summed E-state index contributed by atoms with van der Waals surface area (Å²) in [5.41, 5.74) is 2.55.